The van der Waals surface area contributed by atoms with E-state index >= 15 is 0 Å². The number of para-hydroxylation sites is 1. The van der Waals surface area contributed by atoms with E-state index in [4.69, 9.17) is 4.74 Å². The maximum Gasteiger partial charge on any atom is 0.252 e. The van der Waals surface area contributed by atoms with Crippen molar-refractivity contribution in [1.29, 1.82) is 0 Å². The minimum absolute atomic E-state index is 0.217. The highest BCUT2D eigenvalue weighted by atomic mass is 16.5. The van der Waals surface area contributed by atoms with Crippen molar-refractivity contribution in [2.75, 3.05) is 12.5 Å². The van der Waals surface area contributed by atoms with E-state index in [9.17, 15) is 4.79 Å². The highest BCUT2D eigenvalue weighted by Crippen LogP contribution is 2.18. The molecule has 1 aromatic heterocycles. The number of methoxy groups -OCH3 is 1. The second kappa shape index (κ2) is 6.01. The molecule has 1 aromatic carbocycles. The summed E-state index contributed by atoms with van der Waals surface area (Å²) in [6.07, 6.45) is 0. The smallest absolute Gasteiger partial charge is 0.252 e. The zero-order valence-electron chi connectivity index (χ0n) is 11.6. The number of nitrogens with one attached hydrogen (secondary N) is 2. The average Bonchev–Trinajstić information content (AvgIpc) is 2.43. The van der Waals surface area contributed by atoms with Crippen molar-refractivity contribution in [3.63, 3.8) is 0 Å². The van der Waals surface area contributed by atoms with Gasteiger partial charge in [0.15, 0.2) is 0 Å². The molecule has 0 aliphatic carbocycles. The molecule has 0 fully saturated rings. The molecule has 2 rings (SSSR count). The van der Waals surface area contributed by atoms with E-state index in [1.165, 1.54) is 6.07 Å². The molecule has 20 heavy (non-hydrogen) atoms. The molecule has 0 spiro atoms. The summed E-state index contributed by atoms with van der Waals surface area (Å²) in [4.78, 5) is 18.0. The lowest BCUT2D eigenvalue weighted by Crippen LogP contribution is -2.11. The van der Waals surface area contributed by atoms with Crippen LogP contribution in [0.25, 0.3) is 0 Å². The Hall–Kier alpha value is -2.63. The minimum atomic E-state index is -0.217. The van der Waals surface area contributed by atoms with Gasteiger partial charge in [0.25, 0.3) is 5.56 Å². The zero-order valence-corrected chi connectivity index (χ0v) is 11.6. The molecule has 0 atom stereocenters. The number of hydrogen-bond acceptors (Lipinski definition) is 5. The Labute approximate surface area is 116 Å². The highest BCUT2D eigenvalue weighted by Gasteiger charge is 2.05. The third-order valence-corrected chi connectivity index (χ3v) is 2.70. The third-order valence-electron chi connectivity index (χ3n) is 2.70. The number of aromatic nitrogens is 2. The van der Waals surface area contributed by atoms with Gasteiger partial charge < -0.3 is 4.74 Å². The molecule has 2 aromatic rings. The number of anilines is 1. The molecular formula is C14H16N4O2. The quantitative estimate of drug-likeness (QED) is 0.658. The van der Waals surface area contributed by atoms with Gasteiger partial charge in [-0.2, -0.15) is 5.10 Å². The van der Waals surface area contributed by atoms with Crippen LogP contribution in [0.3, 0.4) is 0 Å². The van der Waals surface area contributed by atoms with Crippen LogP contribution in [0.1, 0.15) is 18.2 Å². The van der Waals surface area contributed by atoms with Crippen LogP contribution in [0.15, 0.2) is 40.2 Å². The summed E-state index contributed by atoms with van der Waals surface area (Å²) in [6.45, 7) is 3.59. The third kappa shape index (κ3) is 3.23. The van der Waals surface area contributed by atoms with E-state index < -0.39 is 0 Å². The van der Waals surface area contributed by atoms with Crippen LogP contribution in [-0.4, -0.2) is 22.8 Å². The molecule has 0 aliphatic heterocycles. The number of nitrogens with zero attached hydrogens (tertiary/aromatic N) is 2. The SMILES string of the molecule is COc1ccccc1/C(C)=N\Nc1nc(C)cc(=O)[nH]1. The van der Waals surface area contributed by atoms with Crippen LogP contribution in [-0.2, 0) is 0 Å². The minimum Gasteiger partial charge on any atom is -0.496 e. The lowest BCUT2D eigenvalue weighted by Gasteiger charge is -2.08. The van der Waals surface area contributed by atoms with Gasteiger partial charge in [0, 0.05) is 17.3 Å². The summed E-state index contributed by atoms with van der Waals surface area (Å²) in [5.41, 5.74) is 4.75. The van der Waals surface area contributed by atoms with Crippen molar-refractivity contribution in [3.05, 3.63) is 51.9 Å². The molecular weight excluding hydrogens is 256 g/mol. The normalized spacial score (nSPS) is 11.2. The van der Waals surface area contributed by atoms with E-state index in [1.807, 2.05) is 31.2 Å². The molecule has 0 bridgehead atoms. The monoisotopic (exact) mass is 272 g/mol. The molecule has 6 nitrogen and oxygen atoms in total. The van der Waals surface area contributed by atoms with E-state index in [2.05, 4.69) is 20.5 Å². The van der Waals surface area contributed by atoms with E-state index in [1.54, 1.807) is 14.0 Å². The Morgan fingerprint density at radius 1 is 1.40 bits per heavy atom. The first-order chi connectivity index (χ1) is 9.60. The van der Waals surface area contributed by atoms with Gasteiger partial charge in [0.05, 0.1) is 12.8 Å². The number of H-pyrrole nitrogens is 1. The molecule has 104 valence electrons. The van der Waals surface area contributed by atoms with Crippen molar-refractivity contribution in [3.8, 4) is 5.75 Å². The van der Waals surface area contributed by atoms with Crippen LogP contribution in [0.4, 0.5) is 5.95 Å². The Balaban J connectivity index is 2.24. The number of aryl methyl sites for hydroxylation is 1. The topological polar surface area (TPSA) is 79.4 Å². The lowest BCUT2D eigenvalue weighted by molar-refractivity contribution is 0.414. The van der Waals surface area contributed by atoms with Gasteiger partial charge in [0.2, 0.25) is 5.95 Å². The second-order valence-electron chi connectivity index (χ2n) is 4.24. The second-order valence-corrected chi connectivity index (χ2v) is 4.24. The summed E-state index contributed by atoms with van der Waals surface area (Å²) in [5, 5.41) is 4.21. The van der Waals surface area contributed by atoms with Crippen molar-refractivity contribution in [2.24, 2.45) is 5.10 Å². The lowest BCUT2D eigenvalue weighted by atomic mass is 10.1. The molecule has 0 unspecified atom stereocenters. The molecule has 0 saturated carbocycles. The van der Waals surface area contributed by atoms with Crippen LogP contribution in [0.5, 0.6) is 5.75 Å². The molecule has 2 N–H and O–H groups in total. The van der Waals surface area contributed by atoms with Crippen LogP contribution >= 0.6 is 0 Å². The van der Waals surface area contributed by atoms with Gasteiger partial charge in [0.1, 0.15) is 5.75 Å². The van der Waals surface area contributed by atoms with Crippen LogP contribution in [0, 0.1) is 6.92 Å². The van der Waals surface area contributed by atoms with E-state index in [0.29, 0.717) is 11.6 Å². The first-order valence-corrected chi connectivity index (χ1v) is 6.12. The number of hydrazone groups is 1. The Morgan fingerprint density at radius 3 is 2.85 bits per heavy atom. The first-order valence-electron chi connectivity index (χ1n) is 6.12. The number of benzene rings is 1. The largest absolute Gasteiger partial charge is 0.496 e. The van der Waals surface area contributed by atoms with Gasteiger partial charge >= 0.3 is 0 Å². The molecule has 1 heterocycles. The maximum atomic E-state index is 11.3. The standard InChI is InChI=1S/C14H16N4O2/c1-9-8-13(19)16-14(15-9)18-17-10(2)11-6-4-5-7-12(11)20-3/h4-8H,1-3H3,(H2,15,16,18,19)/b17-10-. The Kier molecular flexibility index (Phi) is 4.14. The number of rotatable bonds is 4. The van der Waals surface area contributed by atoms with E-state index in [0.717, 1.165) is 17.0 Å². The Bertz CT molecular complexity index is 692. The summed E-state index contributed by atoms with van der Waals surface area (Å²) < 4.78 is 5.27. The fraction of sp³-hybridized carbons (Fsp3) is 0.214. The maximum absolute atomic E-state index is 11.3. The van der Waals surface area contributed by atoms with Crippen molar-refractivity contribution in [2.45, 2.75) is 13.8 Å². The fourth-order valence-electron chi connectivity index (χ4n) is 1.77. The zero-order chi connectivity index (χ0) is 14.5. The van der Waals surface area contributed by atoms with Crippen molar-refractivity contribution < 1.29 is 4.74 Å². The first kappa shape index (κ1) is 13.8. The molecule has 0 aliphatic rings. The van der Waals surface area contributed by atoms with Crippen LogP contribution in [0.2, 0.25) is 0 Å². The summed E-state index contributed by atoms with van der Waals surface area (Å²) in [7, 11) is 1.61. The summed E-state index contributed by atoms with van der Waals surface area (Å²) in [5.74, 6) is 1.05. The molecule has 6 heteroatoms. The number of ether oxygens (including phenoxy) is 1. The van der Waals surface area contributed by atoms with Crippen molar-refractivity contribution in [1.82, 2.24) is 9.97 Å². The number of aromatic amines is 1. The van der Waals surface area contributed by atoms with E-state index in [-0.39, 0.29) is 5.56 Å². The summed E-state index contributed by atoms with van der Waals surface area (Å²) in [6, 6.07) is 8.99. The number of hydrogen-bond donors (Lipinski definition) is 2. The van der Waals surface area contributed by atoms with Crippen molar-refractivity contribution >= 4 is 11.7 Å². The molecule has 0 saturated heterocycles. The summed E-state index contributed by atoms with van der Waals surface area (Å²) >= 11 is 0. The van der Waals surface area contributed by atoms with Gasteiger partial charge in [-0.15, -0.1) is 0 Å². The Morgan fingerprint density at radius 2 is 2.15 bits per heavy atom. The van der Waals surface area contributed by atoms with Gasteiger partial charge in [-0.25, -0.2) is 10.4 Å². The average molecular weight is 272 g/mol. The predicted molar refractivity (Wildman–Crippen MR) is 78.4 cm³/mol. The molecule has 0 amide bonds. The highest BCUT2D eigenvalue weighted by molar-refractivity contribution is 6.01. The van der Waals surface area contributed by atoms with Gasteiger partial charge in [-0.3, -0.25) is 9.78 Å². The molecule has 0 radical (unpaired) electrons. The van der Waals surface area contributed by atoms with Gasteiger partial charge in [-0.05, 0) is 26.0 Å². The predicted octanol–water partition coefficient (Wildman–Crippen LogP) is 1.92. The van der Waals surface area contributed by atoms with Crippen LogP contribution < -0.4 is 15.7 Å². The fourth-order valence-corrected chi connectivity index (χ4v) is 1.77. The van der Waals surface area contributed by atoms with Gasteiger partial charge in [-0.1, -0.05) is 12.1 Å².